The third-order valence-corrected chi connectivity index (χ3v) is 5.96. The van der Waals surface area contributed by atoms with Crippen LogP contribution in [0.3, 0.4) is 0 Å². The van der Waals surface area contributed by atoms with Crippen LogP contribution in [0, 0.1) is 0 Å². The molecule has 27 heavy (non-hydrogen) atoms. The summed E-state index contributed by atoms with van der Waals surface area (Å²) in [6.07, 6.45) is 0.977. The average molecular weight is 415 g/mol. The van der Waals surface area contributed by atoms with Crippen molar-refractivity contribution in [2.24, 2.45) is 5.10 Å². The SMILES string of the molecule is O=C(Cc1ccc(Cl)cc1)N1N=C(c2ccc(Cl)cc2)CC1c1cccs1. The van der Waals surface area contributed by atoms with Gasteiger partial charge in [-0.25, -0.2) is 5.01 Å². The molecule has 1 aromatic heterocycles. The number of thiophene rings is 1. The van der Waals surface area contributed by atoms with Gasteiger partial charge in [-0.3, -0.25) is 4.79 Å². The largest absolute Gasteiger partial charge is 0.273 e. The molecule has 0 spiro atoms. The molecule has 2 aromatic carbocycles. The fourth-order valence-corrected chi connectivity index (χ4v) is 4.18. The number of carbonyl (C=O) groups is 1. The van der Waals surface area contributed by atoms with E-state index >= 15 is 0 Å². The van der Waals surface area contributed by atoms with Crippen molar-refractivity contribution in [3.63, 3.8) is 0 Å². The molecule has 3 nitrogen and oxygen atoms in total. The Labute approximate surface area is 171 Å². The molecule has 4 rings (SSSR count). The lowest BCUT2D eigenvalue weighted by Crippen LogP contribution is -2.28. The molecule has 1 aliphatic heterocycles. The first-order chi connectivity index (χ1) is 13.1. The van der Waals surface area contributed by atoms with Crippen LogP contribution in [-0.4, -0.2) is 16.6 Å². The monoisotopic (exact) mass is 414 g/mol. The number of halogens is 2. The Kier molecular flexibility index (Phi) is 5.30. The zero-order valence-electron chi connectivity index (χ0n) is 14.3. The van der Waals surface area contributed by atoms with Gasteiger partial charge in [-0.05, 0) is 46.8 Å². The zero-order valence-corrected chi connectivity index (χ0v) is 16.6. The molecule has 0 fully saturated rings. The van der Waals surface area contributed by atoms with Gasteiger partial charge in [0.15, 0.2) is 0 Å². The van der Waals surface area contributed by atoms with E-state index in [9.17, 15) is 4.79 Å². The lowest BCUT2D eigenvalue weighted by molar-refractivity contribution is -0.132. The summed E-state index contributed by atoms with van der Waals surface area (Å²) < 4.78 is 0. The molecular weight excluding hydrogens is 399 g/mol. The second kappa shape index (κ2) is 7.85. The van der Waals surface area contributed by atoms with Gasteiger partial charge in [0.1, 0.15) is 0 Å². The van der Waals surface area contributed by atoms with E-state index < -0.39 is 0 Å². The van der Waals surface area contributed by atoms with Gasteiger partial charge >= 0.3 is 0 Å². The summed E-state index contributed by atoms with van der Waals surface area (Å²) in [5.74, 6) is -0.0281. The summed E-state index contributed by atoms with van der Waals surface area (Å²) in [6.45, 7) is 0. The molecule has 136 valence electrons. The Morgan fingerprint density at radius 1 is 1.04 bits per heavy atom. The zero-order chi connectivity index (χ0) is 18.8. The number of benzene rings is 2. The Balaban J connectivity index is 1.62. The number of hydrogen-bond donors (Lipinski definition) is 0. The highest BCUT2D eigenvalue weighted by Crippen LogP contribution is 2.35. The van der Waals surface area contributed by atoms with E-state index in [1.807, 2.05) is 47.8 Å². The van der Waals surface area contributed by atoms with Crippen molar-refractivity contribution < 1.29 is 4.79 Å². The van der Waals surface area contributed by atoms with Gasteiger partial charge in [-0.1, -0.05) is 53.5 Å². The first-order valence-corrected chi connectivity index (χ1v) is 10.2. The lowest BCUT2D eigenvalue weighted by Gasteiger charge is -2.20. The van der Waals surface area contributed by atoms with Crippen LogP contribution in [0.5, 0.6) is 0 Å². The first kappa shape index (κ1) is 18.2. The smallest absolute Gasteiger partial charge is 0.247 e. The number of amides is 1. The topological polar surface area (TPSA) is 32.7 Å². The fourth-order valence-electron chi connectivity index (χ4n) is 3.12. The highest BCUT2D eigenvalue weighted by Gasteiger charge is 2.33. The molecule has 0 N–H and O–H groups in total. The van der Waals surface area contributed by atoms with E-state index in [2.05, 4.69) is 11.2 Å². The van der Waals surface area contributed by atoms with E-state index in [1.54, 1.807) is 28.5 Å². The summed E-state index contributed by atoms with van der Waals surface area (Å²) >= 11 is 13.6. The summed E-state index contributed by atoms with van der Waals surface area (Å²) in [5.41, 5.74) is 2.81. The van der Waals surface area contributed by atoms with E-state index in [4.69, 9.17) is 23.2 Å². The molecule has 1 aliphatic rings. The molecule has 0 aliphatic carbocycles. The van der Waals surface area contributed by atoms with Gasteiger partial charge in [0.05, 0.1) is 18.2 Å². The quantitative estimate of drug-likeness (QED) is 0.516. The van der Waals surface area contributed by atoms with Gasteiger partial charge in [0.2, 0.25) is 5.91 Å². The maximum atomic E-state index is 13.0. The van der Waals surface area contributed by atoms with Crippen LogP contribution < -0.4 is 0 Å². The normalized spacial score (nSPS) is 16.4. The van der Waals surface area contributed by atoms with Gasteiger partial charge in [0, 0.05) is 21.3 Å². The molecule has 0 saturated heterocycles. The van der Waals surface area contributed by atoms with E-state index in [1.165, 1.54) is 0 Å². The van der Waals surface area contributed by atoms with Gasteiger partial charge in [-0.15, -0.1) is 11.3 Å². The molecule has 0 radical (unpaired) electrons. The van der Waals surface area contributed by atoms with Crippen molar-refractivity contribution in [1.29, 1.82) is 0 Å². The van der Waals surface area contributed by atoms with Crippen molar-refractivity contribution in [2.75, 3.05) is 0 Å². The van der Waals surface area contributed by atoms with Crippen LogP contribution in [0.25, 0.3) is 0 Å². The van der Waals surface area contributed by atoms with E-state index in [-0.39, 0.29) is 18.4 Å². The minimum atomic E-state index is -0.0736. The molecule has 1 amide bonds. The van der Waals surface area contributed by atoms with Crippen LogP contribution in [0.15, 0.2) is 71.1 Å². The number of hydrogen-bond acceptors (Lipinski definition) is 3. The predicted molar refractivity (Wildman–Crippen MR) is 112 cm³/mol. The average Bonchev–Trinajstić information content (AvgIpc) is 3.33. The summed E-state index contributed by atoms with van der Waals surface area (Å²) in [7, 11) is 0. The molecule has 3 aromatic rings. The third kappa shape index (κ3) is 4.08. The van der Waals surface area contributed by atoms with Gasteiger partial charge < -0.3 is 0 Å². The molecule has 2 heterocycles. The Morgan fingerprint density at radius 2 is 1.70 bits per heavy atom. The van der Waals surface area contributed by atoms with Crippen LogP contribution in [0.4, 0.5) is 0 Å². The van der Waals surface area contributed by atoms with Crippen molar-refractivity contribution in [2.45, 2.75) is 18.9 Å². The lowest BCUT2D eigenvalue weighted by atomic mass is 10.0. The van der Waals surface area contributed by atoms with Crippen molar-refractivity contribution in [3.8, 4) is 0 Å². The molecule has 1 atom stereocenters. The maximum absolute atomic E-state index is 13.0. The number of nitrogens with zero attached hydrogens (tertiary/aromatic N) is 2. The minimum absolute atomic E-state index is 0.0281. The standard InChI is InChI=1S/C21H16Cl2N2OS/c22-16-7-3-14(4-8-16)12-21(26)25-19(20-2-1-11-27-20)13-18(24-25)15-5-9-17(23)10-6-15/h1-11,19H,12-13H2. The molecular formula is C21H16Cl2N2OS. The Bertz CT molecular complexity index is 966. The molecule has 0 bridgehead atoms. The van der Waals surface area contributed by atoms with Crippen LogP contribution in [-0.2, 0) is 11.2 Å². The third-order valence-electron chi connectivity index (χ3n) is 4.48. The summed E-state index contributed by atoms with van der Waals surface area (Å²) in [6, 6.07) is 18.9. The summed E-state index contributed by atoms with van der Waals surface area (Å²) in [5, 5.41) is 9.67. The second-order valence-corrected chi connectivity index (χ2v) is 8.18. The number of rotatable bonds is 4. The second-order valence-electron chi connectivity index (χ2n) is 6.33. The number of hydrazone groups is 1. The molecule has 0 saturated carbocycles. The van der Waals surface area contributed by atoms with Crippen LogP contribution >= 0.6 is 34.5 Å². The van der Waals surface area contributed by atoms with Gasteiger partial charge in [-0.2, -0.15) is 5.10 Å². The predicted octanol–water partition coefficient (Wildman–Crippen LogP) is 5.98. The van der Waals surface area contributed by atoms with E-state index in [0.29, 0.717) is 16.5 Å². The fraction of sp³-hybridized carbons (Fsp3) is 0.143. The highest BCUT2D eigenvalue weighted by molar-refractivity contribution is 7.10. The van der Waals surface area contributed by atoms with E-state index in [0.717, 1.165) is 21.7 Å². The Morgan fingerprint density at radius 3 is 2.33 bits per heavy atom. The van der Waals surface area contributed by atoms with Crippen molar-refractivity contribution in [1.82, 2.24) is 5.01 Å². The molecule has 6 heteroatoms. The number of carbonyl (C=O) groups excluding carboxylic acids is 1. The highest BCUT2D eigenvalue weighted by atomic mass is 35.5. The van der Waals surface area contributed by atoms with Crippen LogP contribution in [0.1, 0.15) is 28.5 Å². The van der Waals surface area contributed by atoms with Gasteiger partial charge in [0.25, 0.3) is 0 Å². The van der Waals surface area contributed by atoms with Crippen LogP contribution in [0.2, 0.25) is 10.0 Å². The molecule has 1 unspecified atom stereocenters. The van der Waals surface area contributed by atoms with Crippen molar-refractivity contribution in [3.05, 3.63) is 92.1 Å². The first-order valence-electron chi connectivity index (χ1n) is 8.53. The minimum Gasteiger partial charge on any atom is -0.273 e. The Hall–Kier alpha value is -2.14. The maximum Gasteiger partial charge on any atom is 0.247 e. The summed E-state index contributed by atoms with van der Waals surface area (Å²) in [4.78, 5) is 14.1. The van der Waals surface area contributed by atoms with Crippen molar-refractivity contribution >= 4 is 46.2 Å².